The summed E-state index contributed by atoms with van der Waals surface area (Å²) in [5.74, 6) is 0. The molecule has 2 rings (SSSR count). The summed E-state index contributed by atoms with van der Waals surface area (Å²) in [6.07, 6.45) is 3.99. The summed E-state index contributed by atoms with van der Waals surface area (Å²) in [7, 11) is 0. The van der Waals surface area contributed by atoms with E-state index in [0.29, 0.717) is 0 Å². The lowest BCUT2D eigenvalue weighted by atomic mass is 9.93. The first-order chi connectivity index (χ1) is 7.45. The van der Waals surface area contributed by atoms with Crippen molar-refractivity contribution >= 4 is 0 Å². The molecule has 0 aromatic rings. The maximum atomic E-state index is 12.6. The zero-order valence-electron chi connectivity index (χ0n) is 10.6. The second kappa shape index (κ2) is 4.11. The standard InChI is InChI=1S/C13H22FNO/c1-12(2,3)16-10-13-5-4-6-15(13)9-11(7-13)8-14/h8H,4-7,9-10H2,1-3H3/b11-8-/t13-/m0/s1. The van der Waals surface area contributed by atoms with Crippen molar-refractivity contribution in [3.05, 3.63) is 11.9 Å². The van der Waals surface area contributed by atoms with Crippen LogP contribution in [0.1, 0.15) is 40.0 Å². The van der Waals surface area contributed by atoms with Gasteiger partial charge in [0.1, 0.15) is 0 Å². The van der Waals surface area contributed by atoms with Gasteiger partial charge in [-0.15, -0.1) is 0 Å². The van der Waals surface area contributed by atoms with Crippen molar-refractivity contribution in [3.8, 4) is 0 Å². The molecular weight excluding hydrogens is 205 g/mol. The summed E-state index contributed by atoms with van der Waals surface area (Å²) >= 11 is 0. The van der Waals surface area contributed by atoms with Gasteiger partial charge in [-0.25, -0.2) is 4.39 Å². The number of fused-ring (bicyclic) bond motifs is 1. The van der Waals surface area contributed by atoms with E-state index in [-0.39, 0.29) is 11.1 Å². The second-order valence-electron chi connectivity index (χ2n) is 6.09. The Morgan fingerprint density at radius 1 is 1.50 bits per heavy atom. The van der Waals surface area contributed by atoms with Crippen LogP contribution in [0.15, 0.2) is 11.9 Å². The van der Waals surface area contributed by atoms with E-state index in [9.17, 15) is 4.39 Å². The highest BCUT2D eigenvalue weighted by atomic mass is 19.1. The SMILES string of the molecule is CC(C)(C)OC[C@@]12CCCN1C/C(=C\F)C2. The van der Waals surface area contributed by atoms with Crippen LogP contribution in [0.5, 0.6) is 0 Å². The van der Waals surface area contributed by atoms with Gasteiger partial charge in [0, 0.05) is 12.1 Å². The molecule has 0 saturated carbocycles. The van der Waals surface area contributed by atoms with Crippen LogP contribution in [-0.4, -0.2) is 35.7 Å². The molecule has 0 spiro atoms. The molecule has 0 bridgehead atoms. The zero-order chi connectivity index (χ0) is 11.8. The van der Waals surface area contributed by atoms with Gasteiger partial charge in [-0.3, -0.25) is 4.90 Å². The van der Waals surface area contributed by atoms with Crippen LogP contribution in [0.2, 0.25) is 0 Å². The monoisotopic (exact) mass is 227 g/mol. The van der Waals surface area contributed by atoms with Gasteiger partial charge in [0.2, 0.25) is 0 Å². The number of ether oxygens (including phenoxy) is 1. The van der Waals surface area contributed by atoms with Crippen LogP contribution in [-0.2, 0) is 4.74 Å². The Morgan fingerprint density at radius 3 is 2.88 bits per heavy atom. The third-order valence-corrected chi connectivity index (χ3v) is 3.62. The highest BCUT2D eigenvalue weighted by Crippen LogP contribution is 2.42. The molecule has 2 heterocycles. The quantitative estimate of drug-likeness (QED) is 0.719. The Balaban J connectivity index is 2.04. The fourth-order valence-electron chi connectivity index (χ4n) is 2.80. The predicted molar refractivity (Wildman–Crippen MR) is 63.1 cm³/mol. The van der Waals surface area contributed by atoms with Crippen molar-refractivity contribution in [2.24, 2.45) is 0 Å². The van der Waals surface area contributed by atoms with E-state index < -0.39 is 0 Å². The van der Waals surface area contributed by atoms with E-state index in [4.69, 9.17) is 4.74 Å². The molecule has 2 aliphatic rings. The van der Waals surface area contributed by atoms with Gasteiger partial charge in [0.05, 0.1) is 18.5 Å². The number of halogens is 1. The number of hydrogen-bond donors (Lipinski definition) is 0. The molecule has 3 heteroatoms. The van der Waals surface area contributed by atoms with Crippen LogP contribution < -0.4 is 0 Å². The first kappa shape index (κ1) is 12.1. The van der Waals surface area contributed by atoms with Crippen molar-refractivity contribution < 1.29 is 9.13 Å². The van der Waals surface area contributed by atoms with Crippen molar-refractivity contribution in [2.45, 2.75) is 51.2 Å². The van der Waals surface area contributed by atoms with E-state index in [2.05, 4.69) is 25.7 Å². The Labute approximate surface area is 97.5 Å². The molecule has 0 amide bonds. The van der Waals surface area contributed by atoms with Gasteiger partial charge in [-0.1, -0.05) is 0 Å². The molecule has 0 aliphatic carbocycles. The third kappa shape index (κ3) is 2.30. The summed E-state index contributed by atoms with van der Waals surface area (Å²) in [5.41, 5.74) is 0.911. The van der Waals surface area contributed by atoms with Crippen LogP contribution in [0, 0.1) is 0 Å². The molecule has 0 aromatic heterocycles. The highest BCUT2D eigenvalue weighted by Gasteiger charge is 2.47. The molecule has 2 fully saturated rings. The van der Waals surface area contributed by atoms with E-state index >= 15 is 0 Å². The first-order valence-electron chi connectivity index (χ1n) is 6.12. The molecular formula is C13H22FNO. The van der Waals surface area contributed by atoms with Gasteiger partial charge >= 0.3 is 0 Å². The normalized spacial score (nSPS) is 33.6. The molecule has 16 heavy (non-hydrogen) atoms. The fourth-order valence-corrected chi connectivity index (χ4v) is 2.80. The van der Waals surface area contributed by atoms with Crippen molar-refractivity contribution in [3.63, 3.8) is 0 Å². The Bertz CT molecular complexity index is 295. The van der Waals surface area contributed by atoms with Crippen molar-refractivity contribution in [2.75, 3.05) is 19.7 Å². The lowest BCUT2D eigenvalue weighted by Crippen LogP contribution is -2.44. The zero-order valence-corrected chi connectivity index (χ0v) is 10.6. The minimum atomic E-state index is -0.106. The molecule has 0 unspecified atom stereocenters. The van der Waals surface area contributed by atoms with Crippen LogP contribution in [0.25, 0.3) is 0 Å². The van der Waals surface area contributed by atoms with Gasteiger partial charge < -0.3 is 4.74 Å². The summed E-state index contributed by atoms with van der Waals surface area (Å²) < 4.78 is 18.5. The minimum absolute atomic E-state index is 0.0885. The lowest BCUT2D eigenvalue weighted by molar-refractivity contribution is -0.0520. The topological polar surface area (TPSA) is 12.5 Å². The lowest BCUT2D eigenvalue weighted by Gasteiger charge is -2.34. The van der Waals surface area contributed by atoms with Crippen LogP contribution in [0.3, 0.4) is 0 Å². The van der Waals surface area contributed by atoms with Crippen LogP contribution >= 0.6 is 0 Å². The molecule has 0 N–H and O–H groups in total. The smallest absolute Gasteiger partial charge is 0.0872 e. The molecule has 92 valence electrons. The van der Waals surface area contributed by atoms with Crippen molar-refractivity contribution in [1.29, 1.82) is 0 Å². The Kier molecular flexibility index (Phi) is 3.10. The van der Waals surface area contributed by atoms with E-state index in [1.807, 2.05) is 0 Å². The molecule has 2 nitrogen and oxygen atoms in total. The first-order valence-corrected chi connectivity index (χ1v) is 6.12. The highest BCUT2D eigenvalue weighted by molar-refractivity contribution is 5.19. The van der Waals surface area contributed by atoms with Gasteiger partial charge in [-0.2, -0.15) is 0 Å². The summed E-state index contributed by atoms with van der Waals surface area (Å²) in [4.78, 5) is 2.39. The maximum Gasteiger partial charge on any atom is 0.0872 e. The minimum Gasteiger partial charge on any atom is -0.374 e. The number of nitrogens with zero attached hydrogens (tertiary/aromatic N) is 1. The number of hydrogen-bond acceptors (Lipinski definition) is 2. The number of rotatable bonds is 2. The molecule has 0 radical (unpaired) electrons. The third-order valence-electron chi connectivity index (χ3n) is 3.62. The molecule has 0 aromatic carbocycles. The second-order valence-corrected chi connectivity index (χ2v) is 6.09. The molecule has 2 aliphatic heterocycles. The van der Waals surface area contributed by atoms with Gasteiger partial charge in [-0.05, 0) is 52.2 Å². The average Bonchev–Trinajstić information content (AvgIpc) is 2.69. The van der Waals surface area contributed by atoms with Crippen molar-refractivity contribution in [1.82, 2.24) is 4.90 Å². The summed E-state index contributed by atoms with van der Waals surface area (Å²) in [6.45, 7) is 8.83. The predicted octanol–water partition coefficient (Wildman–Crippen LogP) is 2.89. The molecule has 2 saturated heterocycles. The summed E-state index contributed by atoms with van der Waals surface area (Å²) in [5, 5.41) is 0. The average molecular weight is 227 g/mol. The van der Waals surface area contributed by atoms with E-state index in [1.165, 1.54) is 6.42 Å². The molecule has 1 atom stereocenters. The Hall–Kier alpha value is -0.410. The fraction of sp³-hybridized carbons (Fsp3) is 0.846. The Morgan fingerprint density at radius 2 is 2.25 bits per heavy atom. The maximum absolute atomic E-state index is 12.6. The van der Waals surface area contributed by atoms with E-state index in [0.717, 1.165) is 44.4 Å². The summed E-state index contributed by atoms with van der Waals surface area (Å²) in [6, 6.07) is 0. The van der Waals surface area contributed by atoms with Crippen LogP contribution in [0.4, 0.5) is 4.39 Å². The van der Waals surface area contributed by atoms with E-state index in [1.54, 1.807) is 0 Å². The largest absolute Gasteiger partial charge is 0.374 e. The van der Waals surface area contributed by atoms with Gasteiger partial charge in [0.15, 0.2) is 0 Å². The van der Waals surface area contributed by atoms with Gasteiger partial charge in [0.25, 0.3) is 0 Å².